The van der Waals surface area contributed by atoms with Gasteiger partial charge in [0, 0.05) is 22.5 Å². The van der Waals surface area contributed by atoms with Gasteiger partial charge in [-0.25, -0.2) is 0 Å². The number of primary amides is 1. The summed E-state index contributed by atoms with van der Waals surface area (Å²) in [6, 6.07) is 11.3. The van der Waals surface area contributed by atoms with E-state index in [0.29, 0.717) is 27.9 Å². The number of methoxy groups -OCH3 is 1. The monoisotopic (exact) mass is 377 g/mol. The number of ether oxygens (including phenoxy) is 2. The maximum absolute atomic E-state index is 12.3. The molecule has 0 fully saturated rings. The van der Waals surface area contributed by atoms with E-state index in [4.69, 9.17) is 26.8 Å². The number of halogens is 1. The Kier molecular flexibility index (Phi) is 6.68. The molecule has 1 atom stereocenters. The van der Waals surface area contributed by atoms with Crippen LogP contribution in [0.25, 0.3) is 0 Å². The summed E-state index contributed by atoms with van der Waals surface area (Å²) >= 11 is 5.83. The van der Waals surface area contributed by atoms with Crippen LogP contribution in [0.2, 0.25) is 5.02 Å². The number of rotatable bonds is 8. The first-order valence-electron chi connectivity index (χ1n) is 7.81. The Morgan fingerprint density at radius 2 is 1.77 bits per heavy atom. The van der Waals surface area contributed by atoms with E-state index >= 15 is 0 Å². The van der Waals surface area contributed by atoms with Crippen LogP contribution >= 0.6 is 11.6 Å². The summed E-state index contributed by atoms with van der Waals surface area (Å²) in [6.45, 7) is 1.45. The summed E-state index contributed by atoms with van der Waals surface area (Å²) in [7, 11) is 1.49. The molecule has 0 radical (unpaired) electrons. The van der Waals surface area contributed by atoms with E-state index in [-0.39, 0.29) is 12.5 Å². The normalized spacial score (nSPS) is 11.3. The Hall–Kier alpha value is -2.93. The van der Waals surface area contributed by atoms with Crippen molar-refractivity contribution in [2.24, 2.45) is 5.73 Å². The number of carbonyl (C=O) groups excluding carboxylic acids is 2. The summed E-state index contributed by atoms with van der Waals surface area (Å²) in [5, 5.41) is 6.45. The molecule has 2 aromatic rings. The minimum atomic E-state index is -0.596. The molecule has 0 saturated heterocycles. The van der Waals surface area contributed by atoms with Gasteiger partial charge in [0.05, 0.1) is 7.11 Å². The predicted octanol–water partition coefficient (Wildman–Crippen LogP) is 2.65. The van der Waals surface area contributed by atoms with Crippen LogP contribution in [0.3, 0.4) is 0 Å². The minimum Gasteiger partial charge on any atom is -0.493 e. The molecule has 0 heterocycles. The molecule has 0 aromatic heterocycles. The summed E-state index contributed by atoms with van der Waals surface area (Å²) in [4.78, 5) is 23.2. The largest absolute Gasteiger partial charge is 0.493 e. The maximum atomic E-state index is 12.3. The van der Waals surface area contributed by atoms with Gasteiger partial charge in [-0.1, -0.05) is 11.6 Å². The van der Waals surface area contributed by atoms with E-state index in [1.165, 1.54) is 7.11 Å². The summed E-state index contributed by atoms with van der Waals surface area (Å²) in [6.07, 6.45) is 0. The quantitative estimate of drug-likeness (QED) is 0.656. The summed E-state index contributed by atoms with van der Waals surface area (Å²) < 4.78 is 10.5. The standard InChI is InChI=1S/C18H20ClN3O4/c1-11(18(24)22-13-5-3-12(19)4-6-13)21-14-7-8-15(25-2)16(9-14)26-10-17(20)23/h3-9,11,21H,10H2,1-2H3,(H2,20,23)(H,22,24)/t11-/m0/s1. The number of hydrogen-bond donors (Lipinski definition) is 3. The third-order valence-electron chi connectivity index (χ3n) is 3.42. The second-order valence-corrected chi connectivity index (χ2v) is 5.92. The maximum Gasteiger partial charge on any atom is 0.255 e. The molecule has 8 heteroatoms. The Bertz CT molecular complexity index is 781. The SMILES string of the molecule is COc1ccc(N[C@@H](C)C(=O)Nc2ccc(Cl)cc2)cc1OCC(N)=O. The molecule has 138 valence electrons. The van der Waals surface area contributed by atoms with Crippen molar-refractivity contribution in [1.82, 2.24) is 0 Å². The number of carbonyl (C=O) groups is 2. The van der Waals surface area contributed by atoms with Gasteiger partial charge in [0.1, 0.15) is 6.04 Å². The van der Waals surface area contributed by atoms with Gasteiger partial charge in [0.25, 0.3) is 5.91 Å². The first kappa shape index (κ1) is 19.4. The molecule has 0 saturated carbocycles. The van der Waals surface area contributed by atoms with Crippen molar-refractivity contribution in [2.75, 3.05) is 24.4 Å². The molecule has 7 nitrogen and oxygen atoms in total. The zero-order chi connectivity index (χ0) is 19.1. The van der Waals surface area contributed by atoms with Crippen molar-refractivity contribution in [3.63, 3.8) is 0 Å². The molecule has 4 N–H and O–H groups in total. The van der Waals surface area contributed by atoms with Gasteiger partial charge in [0.2, 0.25) is 5.91 Å². The average molecular weight is 378 g/mol. The van der Waals surface area contributed by atoms with Crippen molar-refractivity contribution in [3.05, 3.63) is 47.5 Å². The molecule has 0 aliphatic rings. The van der Waals surface area contributed by atoms with Crippen molar-refractivity contribution < 1.29 is 19.1 Å². The highest BCUT2D eigenvalue weighted by atomic mass is 35.5. The van der Waals surface area contributed by atoms with Crippen molar-refractivity contribution in [3.8, 4) is 11.5 Å². The lowest BCUT2D eigenvalue weighted by molar-refractivity contribution is -0.120. The molecule has 26 heavy (non-hydrogen) atoms. The first-order chi connectivity index (χ1) is 12.4. The first-order valence-corrected chi connectivity index (χ1v) is 8.19. The average Bonchev–Trinajstić information content (AvgIpc) is 2.62. The lowest BCUT2D eigenvalue weighted by atomic mass is 10.2. The van der Waals surface area contributed by atoms with E-state index in [1.54, 1.807) is 49.4 Å². The molecule has 2 amide bonds. The van der Waals surface area contributed by atoms with Gasteiger partial charge in [-0.05, 0) is 43.3 Å². The summed E-state index contributed by atoms with van der Waals surface area (Å²) in [5.41, 5.74) is 6.37. The van der Waals surface area contributed by atoms with Crippen LogP contribution < -0.4 is 25.8 Å². The second kappa shape index (κ2) is 8.96. The number of nitrogens with one attached hydrogen (secondary N) is 2. The smallest absolute Gasteiger partial charge is 0.255 e. The fourth-order valence-electron chi connectivity index (χ4n) is 2.13. The van der Waals surface area contributed by atoms with Crippen LogP contribution in [0.1, 0.15) is 6.92 Å². The van der Waals surface area contributed by atoms with Crippen molar-refractivity contribution in [1.29, 1.82) is 0 Å². The highest BCUT2D eigenvalue weighted by Gasteiger charge is 2.14. The molecule has 2 rings (SSSR count). The highest BCUT2D eigenvalue weighted by Crippen LogP contribution is 2.30. The fourth-order valence-corrected chi connectivity index (χ4v) is 2.25. The van der Waals surface area contributed by atoms with Gasteiger partial charge in [0.15, 0.2) is 18.1 Å². The van der Waals surface area contributed by atoms with Crippen LogP contribution in [-0.2, 0) is 9.59 Å². The van der Waals surface area contributed by atoms with E-state index in [2.05, 4.69) is 10.6 Å². The fraction of sp³-hybridized carbons (Fsp3) is 0.222. The summed E-state index contributed by atoms with van der Waals surface area (Å²) in [5.74, 6) is -0.0134. The molecule has 0 bridgehead atoms. The number of benzene rings is 2. The Morgan fingerprint density at radius 1 is 1.12 bits per heavy atom. The van der Waals surface area contributed by atoms with Crippen molar-refractivity contribution in [2.45, 2.75) is 13.0 Å². The van der Waals surface area contributed by atoms with E-state index in [9.17, 15) is 9.59 Å². The van der Waals surface area contributed by atoms with Crippen LogP contribution in [0.5, 0.6) is 11.5 Å². The van der Waals surface area contributed by atoms with Gasteiger partial charge in [-0.15, -0.1) is 0 Å². The Labute approximate surface area is 156 Å². The molecule has 0 spiro atoms. The Morgan fingerprint density at radius 3 is 2.38 bits per heavy atom. The lowest BCUT2D eigenvalue weighted by Gasteiger charge is -2.17. The topological polar surface area (TPSA) is 103 Å². The molecular formula is C18H20ClN3O4. The molecular weight excluding hydrogens is 358 g/mol. The third-order valence-corrected chi connectivity index (χ3v) is 3.67. The van der Waals surface area contributed by atoms with Crippen LogP contribution in [0.4, 0.5) is 11.4 Å². The van der Waals surface area contributed by atoms with Gasteiger partial charge < -0.3 is 25.8 Å². The van der Waals surface area contributed by atoms with E-state index in [1.807, 2.05) is 0 Å². The highest BCUT2D eigenvalue weighted by molar-refractivity contribution is 6.30. The minimum absolute atomic E-state index is 0.220. The Balaban J connectivity index is 2.03. The van der Waals surface area contributed by atoms with Gasteiger partial charge >= 0.3 is 0 Å². The van der Waals surface area contributed by atoms with Gasteiger partial charge in [-0.3, -0.25) is 9.59 Å². The molecule has 0 aliphatic heterocycles. The number of anilines is 2. The van der Waals surface area contributed by atoms with E-state index in [0.717, 1.165) is 0 Å². The van der Waals surface area contributed by atoms with Crippen LogP contribution in [-0.4, -0.2) is 31.6 Å². The number of nitrogens with two attached hydrogens (primary N) is 1. The third kappa shape index (κ3) is 5.56. The molecule has 0 aliphatic carbocycles. The van der Waals surface area contributed by atoms with E-state index < -0.39 is 11.9 Å². The van der Waals surface area contributed by atoms with Crippen LogP contribution in [0.15, 0.2) is 42.5 Å². The zero-order valence-electron chi connectivity index (χ0n) is 14.4. The number of hydrogen-bond acceptors (Lipinski definition) is 5. The van der Waals surface area contributed by atoms with Crippen LogP contribution in [0, 0.1) is 0 Å². The van der Waals surface area contributed by atoms with Gasteiger partial charge in [-0.2, -0.15) is 0 Å². The van der Waals surface area contributed by atoms with Crippen molar-refractivity contribution >= 4 is 34.8 Å². The zero-order valence-corrected chi connectivity index (χ0v) is 15.2. The molecule has 0 unspecified atom stereocenters. The number of amides is 2. The molecule has 2 aromatic carbocycles. The second-order valence-electron chi connectivity index (χ2n) is 5.48. The lowest BCUT2D eigenvalue weighted by Crippen LogP contribution is -2.31. The predicted molar refractivity (Wildman–Crippen MR) is 101 cm³/mol.